The van der Waals surface area contributed by atoms with Crippen LogP contribution in [0.5, 0.6) is 11.5 Å². The maximum Gasteiger partial charge on any atom is 0.257 e. The Bertz CT molecular complexity index is 1300. The smallest absolute Gasteiger partial charge is 0.257 e. The Balaban J connectivity index is 1.47. The van der Waals surface area contributed by atoms with Crippen LogP contribution < -0.4 is 20.1 Å². The molecule has 1 aromatic heterocycles. The normalized spacial score (nSPS) is 10.6. The van der Waals surface area contributed by atoms with Crippen molar-refractivity contribution in [2.45, 2.75) is 13.3 Å². The van der Waals surface area contributed by atoms with E-state index < -0.39 is 0 Å². The van der Waals surface area contributed by atoms with E-state index in [0.717, 1.165) is 17.6 Å². The van der Waals surface area contributed by atoms with Crippen LogP contribution >= 0.6 is 12.2 Å². The number of carbonyl (C=O) groups is 1. The zero-order chi connectivity index (χ0) is 23.4. The monoisotopic (exact) mass is 461 g/mol. The van der Waals surface area contributed by atoms with Crippen LogP contribution in [-0.4, -0.2) is 40.2 Å². The summed E-state index contributed by atoms with van der Waals surface area (Å²) in [5, 5.41) is 14.9. The third kappa shape index (κ3) is 5.09. The van der Waals surface area contributed by atoms with Crippen molar-refractivity contribution in [2.75, 3.05) is 19.5 Å². The van der Waals surface area contributed by atoms with Crippen molar-refractivity contribution >= 4 is 40.0 Å². The molecular formula is C24H23N5O3S. The van der Waals surface area contributed by atoms with E-state index in [-0.39, 0.29) is 11.0 Å². The lowest BCUT2D eigenvalue weighted by atomic mass is 10.2. The molecule has 8 nitrogen and oxygen atoms in total. The van der Waals surface area contributed by atoms with Gasteiger partial charge in [-0.05, 0) is 66.7 Å². The molecule has 33 heavy (non-hydrogen) atoms. The molecule has 0 atom stereocenters. The third-order valence-electron chi connectivity index (χ3n) is 5.05. The molecule has 0 saturated carbocycles. The van der Waals surface area contributed by atoms with E-state index >= 15 is 0 Å². The number of methoxy groups -OCH3 is 2. The highest BCUT2D eigenvalue weighted by atomic mass is 32.1. The van der Waals surface area contributed by atoms with Gasteiger partial charge >= 0.3 is 0 Å². The summed E-state index contributed by atoms with van der Waals surface area (Å²) in [4.78, 5) is 14.2. The Morgan fingerprint density at radius 3 is 2.24 bits per heavy atom. The predicted octanol–water partition coefficient (Wildman–Crippen LogP) is 4.13. The van der Waals surface area contributed by atoms with E-state index in [0.29, 0.717) is 28.3 Å². The lowest BCUT2D eigenvalue weighted by Crippen LogP contribution is -2.34. The van der Waals surface area contributed by atoms with Crippen molar-refractivity contribution in [3.8, 4) is 17.2 Å². The summed E-state index contributed by atoms with van der Waals surface area (Å²) < 4.78 is 10.4. The van der Waals surface area contributed by atoms with Gasteiger partial charge in [0.15, 0.2) is 5.11 Å². The van der Waals surface area contributed by atoms with Crippen LogP contribution in [0.25, 0.3) is 16.7 Å². The average Bonchev–Trinajstić information content (AvgIpc) is 3.27. The predicted molar refractivity (Wildman–Crippen MR) is 131 cm³/mol. The van der Waals surface area contributed by atoms with Gasteiger partial charge in [0.25, 0.3) is 5.91 Å². The zero-order valence-corrected chi connectivity index (χ0v) is 19.3. The maximum atomic E-state index is 12.6. The first-order valence-electron chi connectivity index (χ1n) is 10.3. The van der Waals surface area contributed by atoms with E-state index in [4.69, 9.17) is 21.7 Å². The van der Waals surface area contributed by atoms with Crippen molar-refractivity contribution in [2.24, 2.45) is 0 Å². The summed E-state index contributed by atoms with van der Waals surface area (Å²) in [5.74, 6) is 0.639. The summed E-state index contributed by atoms with van der Waals surface area (Å²) in [6.07, 6.45) is 0.978. The van der Waals surface area contributed by atoms with E-state index in [2.05, 4.69) is 39.9 Å². The second-order valence-electron chi connectivity index (χ2n) is 7.22. The Hall–Kier alpha value is -3.98. The Morgan fingerprint density at radius 2 is 1.61 bits per heavy atom. The first-order valence-corrected chi connectivity index (χ1v) is 10.7. The average molecular weight is 462 g/mol. The molecule has 3 aromatic carbocycles. The van der Waals surface area contributed by atoms with Gasteiger partial charge in [-0.2, -0.15) is 4.80 Å². The van der Waals surface area contributed by atoms with Gasteiger partial charge in [0.05, 0.1) is 19.9 Å². The second-order valence-corrected chi connectivity index (χ2v) is 7.63. The number of carbonyl (C=O) groups excluding carboxylic acids is 1. The molecule has 0 fully saturated rings. The topological polar surface area (TPSA) is 90.3 Å². The first-order chi connectivity index (χ1) is 16.0. The van der Waals surface area contributed by atoms with Crippen molar-refractivity contribution in [3.05, 3.63) is 71.8 Å². The summed E-state index contributed by atoms with van der Waals surface area (Å²) in [6, 6.07) is 18.5. The van der Waals surface area contributed by atoms with Crippen LogP contribution in [0.15, 0.2) is 60.7 Å². The number of ether oxygens (including phenoxy) is 2. The number of benzene rings is 3. The molecule has 1 amide bonds. The minimum Gasteiger partial charge on any atom is -0.497 e. The van der Waals surface area contributed by atoms with Crippen LogP contribution in [0.3, 0.4) is 0 Å². The fourth-order valence-corrected chi connectivity index (χ4v) is 3.46. The minimum absolute atomic E-state index is 0.156. The second kappa shape index (κ2) is 9.66. The van der Waals surface area contributed by atoms with Crippen molar-refractivity contribution < 1.29 is 14.3 Å². The number of nitrogens with one attached hydrogen (secondary N) is 2. The summed E-state index contributed by atoms with van der Waals surface area (Å²) in [7, 11) is 3.05. The number of hydrogen-bond donors (Lipinski definition) is 2. The van der Waals surface area contributed by atoms with Crippen LogP contribution in [0.1, 0.15) is 22.8 Å². The fraction of sp³-hybridized carbons (Fsp3) is 0.167. The number of fused-ring (bicyclic) bond motifs is 1. The molecule has 0 spiro atoms. The van der Waals surface area contributed by atoms with E-state index in [1.54, 1.807) is 23.0 Å². The molecule has 4 aromatic rings. The maximum absolute atomic E-state index is 12.6. The number of thiocarbonyl (C=S) groups is 1. The molecular weight excluding hydrogens is 438 g/mol. The molecule has 0 radical (unpaired) electrons. The first kappa shape index (κ1) is 22.2. The van der Waals surface area contributed by atoms with E-state index in [9.17, 15) is 4.79 Å². The molecule has 0 aliphatic rings. The Labute approximate surface area is 196 Å². The standard InChI is InChI=1S/C24H23N5O3S/c1-4-15-5-8-18(9-6-15)29-27-21-10-7-17(13-22(21)28-29)25-24(33)26-23(30)16-11-19(31-2)14-20(12-16)32-3/h5-14H,4H2,1-3H3,(H2,25,26,30,33). The highest BCUT2D eigenvalue weighted by Gasteiger charge is 2.12. The molecule has 0 saturated heterocycles. The van der Waals surface area contributed by atoms with Crippen molar-refractivity contribution in [3.63, 3.8) is 0 Å². The fourth-order valence-electron chi connectivity index (χ4n) is 3.25. The molecule has 0 aliphatic heterocycles. The molecule has 4 rings (SSSR count). The number of rotatable bonds is 6. The van der Waals surface area contributed by atoms with E-state index in [1.807, 2.05) is 30.3 Å². The number of nitrogens with zero attached hydrogens (tertiary/aromatic N) is 3. The Kier molecular flexibility index (Phi) is 6.50. The highest BCUT2D eigenvalue weighted by Crippen LogP contribution is 2.22. The lowest BCUT2D eigenvalue weighted by Gasteiger charge is -2.11. The minimum atomic E-state index is -0.382. The van der Waals surface area contributed by atoms with Gasteiger partial charge < -0.3 is 14.8 Å². The lowest BCUT2D eigenvalue weighted by molar-refractivity contribution is 0.0977. The van der Waals surface area contributed by atoms with Crippen LogP contribution in [0.2, 0.25) is 0 Å². The molecule has 168 valence electrons. The molecule has 0 aliphatic carbocycles. The number of amides is 1. The highest BCUT2D eigenvalue weighted by molar-refractivity contribution is 7.80. The van der Waals surface area contributed by atoms with Gasteiger partial charge in [0.1, 0.15) is 22.5 Å². The molecule has 2 N–H and O–H groups in total. The van der Waals surface area contributed by atoms with Gasteiger partial charge in [0.2, 0.25) is 0 Å². The summed E-state index contributed by atoms with van der Waals surface area (Å²) in [5.41, 5.74) is 4.64. The van der Waals surface area contributed by atoms with Gasteiger partial charge in [-0.25, -0.2) is 0 Å². The van der Waals surface area contributed by atoms with Crippen molar-refractivity contribution in [1.29, 1.82) is 0 Å². The van der Waals surface area contributed by atoms with Gasteiger partial charge in [0, 0.05) is 17.3 Å². The number of aromatic nitrogens is 3. The Morgan fingerprint density at radius 1 is 0.939 bits per heavy atom. The van der Waals surface area contributed by atoms with Gasteiger partial charge in [-0.15, -0.1) is 10.2 Å². The third-order valence-corrected chi connectivity index (χ3v) is 5.26. The van der Waals surface area contributed by atoms with Crippen LogP contribution in [0, 0.1) is 0 Å². The van der Waals surface area contributed by atoms with Gasteiger partial charge in [-0.1, -0.05) is 19.1 Å². The molecule has 9 heteroatoms. The largest absolute Gasteiger partial charge is 0.497 e. The quantitative estimate of drug-likeness (QED) is 0.417. The SMILES string of the molecule is CCc1ccc(-n2nc3ccc(NC(=S)NC(=O)c4cc(OC)cc(OC)c4)cc3n2)cc1. The summed E-state index contributed by atoms with van der Waals surface area (Å²) >= 11 is 5.32. The van der Waals surface area contributed by atoms with Crippen molar-refractivity contribution in [1.82, 2.24) is 20.3 Å². The van der Waals surface area contributed by atoms with Crippen LogP contribution in [0.4, 0.5) is 5.69 Å². The molecule has 0 unspecified atom stereocenters. The van der Waals surface area contributed by atoms with Crippen LogP contribution in [-0.2, 0) is 6.42 Å². The van der Waals surface area contributed by atoms with Gasteiger partial charge in [-0.3, -0.25) is 10.1 Å². The van der Waals surface area contributed by atoms with E-state index in [1.165, 1.54) is 19.8 Å². The number of anilines is 1. The molecule has 1 heterocycles. The summed E-state index contributed by atoms with van der Waals surface area (Å²) in [6.45, 7) is 2.12. The molecule has 0 bridgehead atoms. The number of hydrogen-bond acceptors (Lipinski definition) is 6. The number of aryl methyl sites for hydroxylation is 1. The zero-order valence-electron chi connectivity index (χ0n) is 18.5.